The summed E-state index contributed by atoms with van der Waals surface area (Å²) in [6, 6.07) is 1.73. The molecule has 0 atom stereocenters. The largest absolute Gasteiger partial charge is 0.465 e. The van der Waals surface area contributed by atoms with Crippen LogP contribution in [0.25, 0.3) is 11.0 Å². The van der Waals surface area contributed by atoms with E-state index in [2.05, 4.69) is 31.2 Å². The minimum atomic E-state index is -0.883. The van der Waals surface area contributed by atoms with E-state index in [4.69, 9.17) is 5.11 Å². The first kappa shape index (κ1) is 17.7. The lowest BCUT2D eigenvalue weighted by Gasteiger charge is -2.30. The molecule has 1 fully saturated rings. The number of halogens is 1. The summed E-state index contributed by atoms with van der Waals surface area (Å²) in [6.45, 7) is 4.17. The Balaban J connectivity index is 1.91. The van der Waals surface area contributed by atoms with Crippen molar-refractivity contribution in [3.05, 3.63) is 27.1 Å². The van der Waals surface area contributed by atoms with Crippen molar-refractivity contribution in [2.75, 3.05) is 25.0 Å². The summed E-state index contributed by atoms with van der Waals surface area (Å²) < 4.78 is 2.14. The number of pyridine rings is 1. The summed E-state index contributed by atoms with van der Waals surface area (Å²) in [5, 5.41) is 12.9. The minimum Gasteiger partial charge on any atom is -0.465 e. The Morgan fingerprint density at radius 1 is 1.44 bits per heavy atom. The third kappa shape index (κ3) is 3.76. The lowest BCUT2D eigenvalue weighted by Crippen LogP contribution is -2.39. The lowest BCUT2D eigenvalue weighted by molar-refractivity contribution is 0.121. The van der Waals surface area contributed by atoms with Gasteiger partial charge in [-0.05, 0) is 47.7 Å². The van der Waals surface area contributed by atoms with Crippen LogP contribution in [0.3, 0.4) is 0 Å². The molecule has 134 valence electrons. The monoisotopic (exact) mass is 409 g/mol. The number of nitrogens with zero attached hydrogens (tertiary/aromatic N) is 4. The Labute approximate surface area is 153 Å². The highest BCUT2D eigenvalue weighted by Crippen LogP contribution is 2.22. The smallest absolute Gasteiger partial charge is 0.407 e. The summed E-state index contributed by atoms with van der Waals surface area (Å²) in [7, 11) is 0. The normalized spacial score (nSPS) is 15.5. The second kappa shape index (κ2) is 7.38. The summed E-state index contributed by atoms with van der Waals surface area (Å²) >= 11 is 3.32. The number of nitrogens with one attached hydrogen (secondary N) is 1. The fraction of sp³-hybridized carbons (Fsp3) is 0.500. The van der Waals surface area contributed by atoms with Gasteiger partial charge in [0.1, 0.15) is 5.65 Å². The van der Waals surface area contributed by atoms with E-state index < -0.39 is 6.09 Å². The number of likely N-dealkylation sites (tertiary alicyclic amines) is 1. The van der Waals surface area contributed by atoms with Crippen molar-refractivity contribution in [1.29, 1.82) is 0 Å². The van der Waals surface area contributed by atoms with Crippen LogP contribution in [-0.2, 0) is 6.54 Å². The van der Waals surface area contributed by atoms with Gasteiger partial charge >= 0.3 is 6.09 Å². The minimum absolute atomic E-state index is 0.130. The van der Waals surface area contributed by atoms with Crippen molar-refractivity contribution >= 4 is 39.0 Å². The number of hydrogen-bond acceptors (Lipinski definition) is 5. The number of carbonyl (C=O) groups is 1. The number of carboxylic acid groups (broad SMARTS) is 1. The number of amides is 1. The number of hydrogen-bond donors (Lipinski definition) is 2. The molecule has 1 amide bonds. The van der Waals surface area contributed by atoms with Gasteiger partial charge in [-0.25, -0.2) is 9.78 Å². The molecule has 2 N–H and O–H groups in total. The zero-order chi connectivity index (χ0) is 18.0. The van der Waals surface area contributed by atoms with Crippen LogP contribution in [0.1, 0.15) is 19.8 Å². The highest BCUT2D eigenvalue weighted by Gasteiger charge is 2.24. The van der Waals surface area contributed by atoms with Gasteiger partial charge in [0.05, 0.1) is 4.47 Å². The Morgan fingerprint density at radius 2 is 2.16 bits per heavy atom. The molecule has 2 aromatic heterocycles. The van der Waals surface area contributed by atoms with Crippen LogP contribution in [0.15, 0.2) is 21.5 Å². The van der Waals surface area contributed by atoms with E-state index in [9.17, 15) is 9.59 Å². The summed E-state index contributed by atoms with van der Waals surface area (Å²) in [5.74, 6) is 0.731. The molecule has 1 aliphatic heterocycles. The molecule has 1 aliphatic rings. The van der Waals surface area contributed by atoms with Gasteiger partial charge in [0.2, 0.25) is 5.95 Å². The van der Waals surface area contributed by atoms with Crippen LogP contribution < -0.4 is 10.9 Å². The standard InChI is InChI=1S/C16H20BrN5O3/c1-2-18-15-19-8-11-7-12(17)14(23)22(13(11)20-15)9-10-3-5-21(6-4-10)16(24)25/h7-8,10H,2-6,9H2,1H3,(H,24,25)(H,18,19,20). The summed E-state index contributed by atoms with van der Waals surface area (Å²) in [6.07, 6.45) is 2.29. The first-order chi connectivity index (χ1) is 12.0. The number of piperidine rings is 1. The van der Waals surface area contributed by atoms with Crippen molar-refractivity contribution in [3.8, 4) is 0 Å². The van der Waals surface area contributed by atoms with Crippen LogP contribution in [-0.4, -0.2) is 50.3 Å². The number of anilines is 1. The molecule has 0 bridgehead atoms. The number of fused-ring (bicyclic) bond motifs is 1. The Hall–Kier alpha value is -2.16. The van der Waals surface area contributed by atoms with Crippen LogP contribution in [0.4, 0.5) is 10.7 Å². The molecule has 0 aromatic carbocycles. The van der Waals surface area contributed by atoms with Gasteiger partial charge in [-0.1, -0.05) is 0 Å². The van der Waals surface area contributed by atoms with E-state index in [1.165, 1.54) is 4.90 Å². The molecular formula is C16H20BrN5O3. The summed E-state index contributed by atoms with van der Waals surface area (Å²) in [5.41, 5.74) is 0.467. The molecule has 25 heavy (non-hydrogen) atoms. The van der Waals surface area contributed by atoms with Crippen molar-refractivity contribution in [3.63, 3.8) is 0 Å². The van der Waals surface area contributed by atoms with E-state index in [0.717, 1.165) is 18.2 Å². The van der Waals surface area contributed by atoms with E-state index in [-0.39, 0.29) is 11.5 Å². The predicted molar refractivity (Wildman–Crippen MR) is 98.0 cm³/mol. The predicted octanol–water partition coefficient (Wildman–Crippen LogP) is 2.38. The first-order valence-corrected chi connectivity index (χ1v) is 9.06. The van der Waals surface area contributed by atoms with Gasteiger partial charge in [-0.3, -0.25) is 9.36 Å². The van der Waals surface area contributed by atoms with E-state index in [1.54, 1.807) is 16.8 Å². The SMILES string of the molecule is CCNc1ncc2cc(Br)c(=O)n(CC3CCN(C(=O)O)CC3)c2n1. The topological polar surface area (TPSA) is 100 Å². The zero-order valence-electron chi connectivity index (χ0n) is 13.9. The Bertz CT molecular complexity index is 846. The molecule has 0 radical (unpaired) electrons. The molecule has 9 heteroatoms. The van der Waals surface area contributed by atoms with Gasteiger partial charge in [0, 0.05) is 37.8 Å². The number of aromatic nitrogens is 3. The van der Waals surface area contributed by atoms with Gasteiger partial charge in [-0.2, -0.15) is 4.98 Å². The average molecular weight is 410 g/mol. The quantitative estimate of drug-likeness (QED) is 0.803. The van der Waals surface area contributed by atoms with E-state index in [1.807, 2.05) is 6.92 Å². The van der Waals surface area contributed by atoms with Crippen LogP contribution >= 0.6 is 15.9 Å². The highest BCUT2D eigenvalue weighted by atomic mass is 79.9. The molecule has 0 unspecified atom stereocenters. The Kier molecular flexibility index (Phi) is 5.22. The third-order valence-electron chi connectivity index (χ3n) is 4.44. The maximum atomic E-state index is 12.6. The maximum absolute atomic E-state index is 12.6. The summed E-state index contributed by atoms with van der Waals surface area (Å²) in [4.78, 5) is 33.8. The van der Waals surface area contributed by atoms with Crippen LogP contribution in [0.2, 0.25) is 0 Å². The Morgan fingerprint density at radius 3 is 2.80 bits per heavy atom. The fourth-order valence-electron chi connectivity index (χ4n) is 3.10. The molecule has 8 nitrogen and oxygen atoms in total. The van der Waals surface area contributed by atoms with Gasteiger partial charge in [0.25, 0.3) is 5.56 Å². The van der Waals surface area contributed by atoms with Crippen molar-refractivity contribution < 1.29 is 9.90 Å². The molecule has 1 saturated heterocycles. The van der Waals surface area contributed by atoms with Gasteiger partial charge < -0.3 is 15.3 Å². The third-order valence-corrected chi connectivity index (χ3v) is 5.01. The van der Waals surface area contributed by atoms with Gasteiger partial charge in [0.15, 0.2) is 0 Å². The average Bonchev–Trinajstić information content (AvgIpc) is 2.60. The maximum Gasteiger partial charge on any atom is 0.407 e. The van der Waals surface area contributed by atoms with E-state index >= 15 is 0 Å². The highest BCUT2D eigenvalue weighted by molar-refractivity contribution is 9.10. The van der Waals surface area contributed by atoms with Crippen LogP contribution in [0.5, 0.6) is 0 Å². The molecule has 0 aliphatic carbocycles. The zero-order valence-corrected chi connectivity index (χ0v) is 15.5. The van der Waals surface area contributed by atoms with Gasteiger partial charge in [-0.15, -0.1) is 0 Å². The lowest BCUT2D eigenvalue weighted by atomic mass is 9.97. The van der Waals surface area contributed by atoms with Crippen molar-refractivity contribution in [2.45, 2.75) is 26.3 Å². The fourth-order valence-corrected chi connectivity index (χ4v) is 3.56. The molecule has 0 spiro atoms. The first-order valence-electron chi connectivity index (χ1n) is 8.27. The molecule has 3 heterocycles. The second-order valence-corrected chi connectivity index (χ2v) is 6.98. The van der Waals surface area contributed by atoms with Crippen LogP contribution in [0, 0.1) is 5.92 Å². The molecule has 2 aromatic rings. The van der Waals surface area contributed by atoms with Crippen molar-refractivity contribution in [1.82, 2.24) is 19.4 Å². The van der Waals surface area contributed by atoms with E-state index in [0.29, 0.717) is 42.2 Å². The second-order valence-electron chi connectivity index (χ2n) is 6.12. The van der Waals surface area contributed by atoms with Crippen molar-refractivity contribution in [2.24, 2.45) is 5.92 Å². The molecular weight excluding hydrogens is 390 g/mol. The molecule has 3 rings (SSSR count). The molecule has 0 saturated carbocycles. The number of rotatable bonds is 4.